The molecule has 3 heteroatoms. The Labute approximate surface area is 96.5 Å². The van der Waals surface area contributed by atoms with E-state index in [2.05, 4.69) is 6.58 Å². The molecular weight excluding hydrogens is 204 g/mol. The molecule has 90 valence electrons. The van der Waals surface area contributed by atoms with Crippen molar-refractivity contribution in [2.24, 2.45) is 11.8 Å². The quantitative estimate of drug-likeness (QED) is 0.534. The smallest absolute Gasteiger partial charge is 0.303 e. The number of hydrogen-bond donors (Lipinski definition) is 1. The van der Waals surface area contributed by atoms with E-state index in [1.165, 1.54) is 0 Å². The van der Waals surface area contributed by atoms with Crippen molar-refractivity contribution in [3.05, 3.63) is 12.7 Å². The summed E-state index contributed by atoms with van der Waals surface area (Å²) in [6.07, 6.45) is 7.24. The van der Waals surface area contributed by atoms with Crippen LogP contribution in [0.1, 0.15) is 44.9 Å². The Morgan fingerprint density at radius 3 is 2.88 bits per heavy atom. The van der Waals surface area contributed by atoms with Crippen molar-refractivity contribution in [1.29, 1.82) is 0 Å². The Bertz CT molecular complexity index is 270. The number of carboxylic acid groups (broad SMARTS) is 1. The Morgan fingerprint density at radius 1 is 1.50 bits per heavy atom. The van der Waals surface area contributed by atoms with Gasteiger partial charge in [-0.3, -0.25) is 9.59 Å². The van der Waals surface area contributed by atoms with Crippen LogP contribution >= 0.6 is 0 Å². The van der Waals surface area contributed by atoms with Crippen molar-refractivity contribution in [2.75, 3.05) is 0 Å². The first-order chi connectivity index (χ1) is 7.65. The van der Waals surface area contributed by atoms with E-state index in [9.17, 15) is 9.59 Å². The van der Waals surface area contributed by atoms with Gasteiger partial charge in [0, 0.05) is 18.8 Å². The molecule has 0 aromatic heterocycles. The fraction of sp³-hybridized carbons (Fsp3) is 0.692. The predicted molar refractivity (Wildman–Crippen MR) is 62.1 cm³/mol. The number of aliphatic carboxylic acids is 1. The molecule has 0 aromatic carbocycles. The summed E-state index contributed by atoms with van der Waals surface area (Å²) < 4.78 is 0. The number of allylic oxidation sites excluding steroid dienone is 1. The van der Waals surface area contributed by atoms with Crippen LogP contribution in [0.3, 0.4) is 0 Å². The van der Waals surface area contributed by atoms with Crippen LogP contribution in [0.5, 0.6) is 0 Å². The Hall–Kier alpha value is -1.12. The molecule has 0 spiro atoms. The van der Waals surface area contributed by atoms with E-state index in [1.807, 2.05) is 6.08 Å². The van der Waals surface area contributed by atoms with Crippen molar-refractivity contribution >= 4 is 11.8 Å². The van der Waals surface area contributed by atoms with E-state index in [0.717, 1.165) is 32.1 Å². The van der Waals surface area contributed by atoms with Crippen LogP contribution < -0.4 is 0 Å². The highest BCUT2D eigenvalue weighted by molar-refractivity contribution is 5.84. The first kappa shape index (κ1) is 12.9. The normalized spacial score (nSPS) is 24.6. The summed E-state index contributed by atoms with van der Waals surface area (Å²) >= 11 is 0. The molecule has 0 amide bonds. The zero-order valence-corrected chi connectivity index (χ0v) is 9.65. The van der Waals surface area contributed by atoms with Crippen molar-refractivity contribution in [3.63, 3.8) is 0 Å². The molecule has 0 saturated heterocycles. The molecule has 0 heterocycles. The van der Waals surface area contributed by atoms with E-state index < -0.39 is 5.97 Å². The number of ketones is 1. The lowest BCUT2D eigenvalue weighted by atomic mass is 9.88. The molecule has 1 fully saturated rings. The Morgan fingerprint density at radius 2 is 2.25 bits per heavy atom. The SMILES string of the molecule is C=CCCCCC1C(=O)CCC1CC(=O)O. The second-order valence-corrected chi connectivity index (χ2v) is 4.54. The second kappa shape index (κ2) is 6.46. The third kappa shape index (κ3) is 3.80. The van der Waals surface area contributed by atoms with Crippen LogP contribution in [0.2, 0.25) is 0 Å². The topological polar surface area (TPSA) is 54.4 Å². The molecule has 2 unspecified atom stereocenters. The maximum atomic E-state index is 11.6. The van der Waals surface area contributed by atoms with Gasteiger partial charge in [-0.25, -0.2) is 0 Å². The van der Waals surface area contributed by atoms with Crippen LogP contribution in [-0.4, -0.2) is 16.9 Å². The van der Waals surface area contributed by atoms with Gasteiger partial charge in [0.05, 0.1) is 0 Å². The van der Waals surface area contributed by atoms with Crippen LogP contribution in [0.25, 0.3) is 0 Å². The lowest BCUT2D eigenvalue weighted by molar-refractivity contribution is -0.138. The van der Waals surface area contributed by atoms with Gasteiger partial charge in [-0.15, -0.1) is 6.58 Å². The summed E-state index contributed by atoms with van der Waals surface area (Å²) in [6.45, 7) is 3.65. The zero-order valence-electron chi connectivity index (χ0n) is 9.65. The maximum absolute atomic E-state index is 11.6. The molecule has 1 saturated carbocycles. The molecule has 0 aromatic rings. The van der Waals surface area contributed by atoms with Crippen molar-refractivity contribution < 1.29 is 14.7 Å². The van der Waals surface area contributed by atoms with Crippen LogP contribution in [0, 0.1) is 11.8 Å². The van der Waals surface area contributed by atoms with Gasteiger partial charge in [-0.2, -0.15) is 0 Å². The number of Topliss-reactive ketones (excluding diaryl/α,β-unsaturated/α-hetero) is 1. The molecule has 1 N–H and O–H groups in total. The molecule has 1 aliphatic rings. The molecule has 0 bridgehead atoms. The summed E-state index contributed by atoms with van der Waals surface area (Å²) in [5, 5.41) is 8.76. The number of carboxylic acids is 1. The van der Waals surface area contributed by atoms with Crippen molar-refractivity contribution in [3.8, 4) is 0 Å². The summed E-state index contributed by atoms with van der Waals surface area (Å²) in [7, 11) is 0. The van der Waals surface area contributed by atoms with Crippen LogP contribution in [0.15, 0.2) is 12.7 Å². The van der Waals surface area contributed by atoms with Gasteiger partial charge in [-0.1, -0.05) is 12.5 Å². The van der Waals surface area contributed by atoms with E-state index in [-0.39, 0.29) is 24.0 Å². The fourth-order valence-electron chi connectivity index (χ4n) is 2.50. The zero-order chi connectivity index (χ0) is 12.0. The summed E-state index contributed by atoms with van der Waals surface area (Å²) in [5.41, 5.74) is 0. The largest absolute Gasteiger partial charge is 0.481 e. The first-order valence-electron chi connectivity index (χ1n) is 6.00. The summed E-state index contributed by atoms with van der Waals surface area (Å²) in [4.78, 5) is 22.3. The molecule has 1 aliphatic carbocycles. The average Bonchev–Trinajstić information content (AvgIpc) is 2.55. The standard InChI is InChI=1S/C13H20O3/c1-2-3-4-5-6-11-10(9-13(15)16)7-8-12(11)14/h2,10-11H,1,3-9H2,(H,15,16). The van der Waals surface area contributed by atoms with Crippen molar-refractivity contribution in [2.45, 2.75) is 44.9 Å². The third-order valence-corrected chi connectivity index (χ3v) is 3.35. The average molecular weight is 224 g/mol. The third-order valence-electron chi connectivity index (χ3n) is 3.35. The van der Waals surface area contributed by atoms with E-state index in [4.69, 9.17) is 5.11 Å². The van der Waals surface area contributed by atoms with Gasteiger partial charge in [0.25, 0.3) is 0 Å². The minimum atomic E-state index is -0.782. The summed E-state index contributed by atoms with van der Waals surface area (Å²) in [5.74, 6) is -0.435. The molecular formula is C13H20O3. The van der Waals surface area contributed by atoms with Crippen molar-refractivity contribution in [1.82, 2.24) is 0 Å². The van der Waals surface area contributed by atoms with Gasteiger partial charge >= 0.3 is 5.97 Å². The number of rotatable bonds is 7. The number of carbonyl (C=O) groups is 2. The first-order valence-corrected chi connectivity index (χ1v) is 6.00. The second-order valence-electron chi connectivity index (χ2n) is 4.54. The van der Waals surface area contributed by atoms with E-state index in [1.54, 1.807) is 0 Å². The predicted octanol–water partition coefficient (Wildman–Crippen LogP) is 2.80. The number of carbonyl (C=O) groups excluding carboxylic acids is 1. The minimum Gasteiger partial charge on any atom is -0.481 e. The van der Waals surface area contributed by atoms with Gasteiger partial charge in [-0.05, 0) is 31.6 Å². The fourth-order valence-corrected chi connectivity index (χ4v) is 2.50. The highest BCUT2D eigenvalue weighted by atomic mass is 16.4. The Kier molecular flexibility index (Phi) is 5.23. The molecule has 3 nitrogen and oxygen atoms in total. The number of hydrogen-bond acceptors (Lipinski definition) is 2. The molecule has 1 rings (SSSR count). The lowest BCUT2D eigenvalue weighted by Gasteiger charge is -2.15. The maximum Gasteiger partial charge on any atom is 0.303 e. The monoisotopic (exact) mass is 224 g/mol. The molecule has 2 atom stereocenters. The van der Waals surface area contributed by atoms with Gasteiger partial charge in [0.2, 0.25) is 0 Å². The highest BCUT2D eigenvalue weighted by Crippen LogP contribution is 2.34. The van der Waals surface area contributed by atoms with Gasteiger partial charge in [0.15, 0.2) is 0 Å². The lowest BCUT2D eigenvalue weighted by Crippen LogP contribution is -2.17. The Balaban J connectivity index is 2.37. The molecule has 16 heavy (non-hydrogen) atoms. The van der Waals surface area contributed by atoms with Crippen LogP contribution in [0.4, 0.5) is 0 Å². The van der Waals surface area contributed by atoms with Crippen LogP contribution in [-0.2, 0) is 9.59 Å². The van der Waals surface area contributed by atoms with Gasteiger partial charge < -0.3 is 5.11 Å². The summed E-state index contributed by atoms with van der Waals surface area (Å²) in [6, 6.07) is 0. The van der Waals surface area contributed by atoms with E-state index in [0.29, 0.717) is 6.42 Å². The molecule has 0 aliphatic heterocycles. The van der Waals surface area contributed by atoms with Gasteiger partial charge in [0.1, 0.15) is 5.78 Å². The number of unbranched alkanes of at least 4 members (excludes halogenated alkanes) is 2. The molecule has 0 radical (unpaired) electrons. The van der Waals surface area contributed by atoms with E-state index >= 15 is 0 Å². The highest BCUT2D eigenvalue weighted by Gasteiger charge is 2.34. The minimum absolute atomic E-state index is 0.000848.